The molecular formula is C16H18Cl2N2O. The summed E-state index contributed by atoms with van der Waals surface area (Å²) >= 11 is 12.0. The first kappa shape index (κ1) is 16.1. The maximum Gasteiger partial charge on any atom is 0.170 e. The van der Waals surface area contributed by atoms with E-state index in [9.17, 15) is 4.79 Å². The second-order valence-corrected chi connectivity index (χ2v) is 5.83. The van der Waals surface area contributed by atoms with Gasteiger partial charge < -0.3 is 0 Å². The molecule has 0 saturated carbocycles. The molecular weight excluding hydrogens is 307 g/mol. The summed E-state index contributed by atoms with van der Waals surface area (Å²) < 4.78 is 1.93. The summed E-state index contributed by atoms with van der Waals surface area (Å²) in [5.41, 5.74) is 1.20. The van der Waals surface area contributed by atoms with Crippen LogP contribution in [0.4, 0.5) is 0 Å². The van der Waals surface area contributed by atoms with E-state index in [1.54, 1.807) is 18.2 Å². The van der Waals surface area contributed by atoms with Crippen LogP contribution in [0.1, 0.15) is 48.8 Å². The number of hydrogen-bond acceptors (Lipinski definition) is 2. The fourth-order valence-corrected chi connectivity index (χ4v) is 2.70. The van der Waals surface area contributed by atoms with E-state index < -0.39 is 0 Å². The molecule has 0 aliphatic rings. The molecule has 112 valence electrons. The van der Waals surface area contributed by atoms with Crippen molar-refractivity contribution in [3.63, 3.8) is 0 Å². The highest BCUT2D eigenvalue weighted by atomic mass is 35.5. The molecule has 0 fully saturated rings. The average Bonchev–Trinajstić information content (AvgIpc) is 2.91. The van der Waals surface area contributed by atoms with E-state index in [1.807, 2.05) is 16.9 Å². The van der Waals surface area contributed by atoms with Crippen LogP contribution in [-0.4, -0.2) is 15.6 Å². The quantitative estimate of drug-likeness (QED) is 0.702. The number of nitrogens with zero attached hydrogens (tertiary/aromatic N) is 2. The van der Waals surface area contributed by atoms with Crippen molar-refractivity contribution >= 4 is 29.0 Å². The molecule has 5 heteroatoms. The van der Waals surface area contributed by atoms with Gasteiger partial charge in [0.15, 0.2) is 5.78 Å². The van der Waals surface area contributed by atoms with Gasteiger partial charge in [0.05, 0.1) is 23.2 Å². The maximum absolute atomic E-state index is 12.3. The van der Waals surface area contributed by atoms with Gasteiger partial charge >= 0.3 is 0 Å². The number of benzene rings is 1. The molecule has 2 rings (SSSR count). The Hall–Kier alpha value is -1.32. The van der Waals surface area contributed by atoms with E-state index >= 15 is 0 Å². The summed E-state index contributed by atoms with van der Waals surface area (Å²) in [7, 11) is 0. The molecule has 0 atom stereocenters. The average molecular weight is 325 g/mol. The van der Waals surface area contributed by atoms with Crippen LogP contribution in [0.5, 0.6) is 0 Å². The van der Waals surface area contributed by atoms with Crippen LogP contribution in [0.15, 0.2) is 30.5 Å². The Morgan fingerprint density at radius 1 is 1.24 bits per heavy atom. The largest absolute Gasteiger partial charge is 0.294 e. The lowest BCUT2D eigenvalue weighted by Gasteiger charge is -2.12. The Labute approximate surface area is 134 Å². The number of hydrogen-bond donors (Lipinski definition) is 0. The van der Waals surface area contributed by atoms with E-state index in [2.05, 4.69) is 18.9 Å². The Kier molecular flexibility index (Phi) is 5.43. The molecule has 0 aliphatic heterocycles. The second kappa shape index (κ2) is 7.10. The number of ketones is 1. The van der Waals surface area contributed by atoms with Crippen molar-refractivity contribution < 1.29 is 4.79 Å². The molecule has 0 bridgehead atoms. The summed E-state index contributed by atoms with van der Waals surface area (Å²) in [4.78, 5) is 12.3. The van der Waals surface area contributed by atoms with Crippen molar-refractivity contribution in [2.24, 2.45) is 0 Å². The van der Waals surface area contributed by atoms with E-state index in [-0.39, 0.29) is 12.2 Å². The van der Waals surface area contributed by atoms with E-state index in [0.717, 1.165) is 18.5 Å². The Morgan fingerprint density at radius 2 is 1.95 bits per heavy atom. The normalized spacial score (nSPS) is 11.1. The zero-order valence-corrected chi connectivity index (χ0v) is 13.7. The molecule has 0 aliphatic carbocycles. The Bertz CT molecular complexity index is 633. The van der Waals surface area contributed by atoms with Gasteiger partial charge in [-0.25, -0.2) is 0 Å². The van der Waals surface area contributed by atoms with Crippen molar-refractivity contribution in [2.45, 2.75) is 39.2 Å². The van der Waals surface area contributed by atoms with Crippen molar-refractivity contribution in [1.29, 1.82) is 0 Å². The number of carbonyl (C=O) groups is 1. The second-order valence-electron chi connectivity index (χ2n) is 4.98. The third kappa shape index (κ3) is 3.86. The predicted octanol–water partition coefficient (Wildman–Crippen LogP) is 4.98. The van der Waals surface area contributed by atoms with Gasteiger partial charge in [0.1, 0.15) is 0 Å². The van der Waals surface area contributed by atoms with Gasteiger partial charge in [0.25, 0.3) is 0 Å². The molecule has 0 saturated heterocycles. The molecule has 0 spiro atoms. The van der Waals surface area contributed by atoms with Gasteiger partial charge in [-0.2, -0.15) is 5.10 Å². The number of rotatable bonds is 6. The fourth-order valence-electron chi connectivity index (χ4n) is 2.31. The van der Waals surface area contributed by atoms with E-state index in [1.165, 1.54) is 0 Å². The van der Waals surface area contributed by atoms with Crippen LogP contribution in [0, 0.1) is 0 Å². The van der Waals surface area contributed by atoms with Gasteiger partial charge in [-0.05, 0) is 37.1 Å². The first-order valence-corrected chi connectivity index (χ1v) is 7.83. The molecule has 21 heavy (non-hydrogen) atoms. The first-order valence-electron chi connectivity index (χ1n) is 7.07. The SMILES string of the molecule is CCC(CC)n1ccc(CC(=O)c2cc(Cl)ccc2Cl)n1. The predicted molar refractivity (Wildman–Crippen MR) is 86.3 cm³/mol. The van der Waals surface area contributed by atoms with Gasteiger partial charge in [0, 0.05) is 16.8 Å². The van der Waals surface area contributed by atoms with E-state index in [4.69, 9.17) is 23.2 Å². The molecule has 3 nitrogen and oxygen atoms in total. The van der Waals surface area contributed by atoms with Gasteiger partial charge in [-0.1, -0.05) is 37.0 Å². The van der Waals surface area contributed by atoms with Crippen molar-refractivity contribution in [3.05, 3.63) is 51.8 Å². The highest BCUT2D eigenvalue weighted by Gasteiger charge is 2.14. The lowest BCUT2D eigenvalue weighted by Crippen LogP contribution is -2.09. The minimum atomic E-state index is -0.0719. The summed E-state index contributed by atoms with van der Waals surface area (Å²) in [6, 6.07) is 7.17. The summed E-state index contributed by atoms with van der Waals surface area (Å²) in [6.45, 7) is 4.26. The molecule has 1 aromatic heterocycles. The topological polar surface area (TPSA) is 34.9 Å². The lowest BCUT2D eigenvalue weighted by atomic mass is 10.1. The standard InChI is InChI=1S/C16H18Cl2N2O/c1-3-13(4-2)20-8-7-12(19-20)10-16(21)14-9-11(17)5-6-15(14)18/h5-9,13H,3-4,10H2,1-2H3. The van der Waals surface area contributed by atoms with Crippen LogP contribution >= 0.6 is 23.2 Å². The molecule has 0 N–H and O–H groups in total. The maximum atomic E-state index is 12.3. The van der Waals surface area contributed by atoms with E-state index in [0.29, 0.717) is 21.7 Å². The number of Topliss-reactive ketones (excluding diaryl/α,β-unsaturated/α-hetero) is 1. The first-order chi connectivity index (χ1) is 10.0. The van der Waals surface area contributed by atoms with Gasteiger partial charge in [0.2, 0.25) is 0 Å². The van der Waals surface area contributed by atoms with Crippen LogP contribution < -0.4 is 0 Å². The Balaban J connectivity index is 2.15. The number of carbonyl (C=O) groups excluding carboxylic acids is 1. The smallest absolute Gasteiger partial charge is 0.170 e. The Morgan fingerprint density at radius 3 is 2.62 bits per heavy atom. The number of aromatic nitrogens is 2. The molecule has 1 heterocycles. The molecule has 2 aromatic rings. The monoisotopic (exact) mass is 324 g/mol. The van der Waals surface area contributed by atoms with Gasteiger partial charge in [-0.15, -0.1) is 0 Å². The lowest BCUT2D eigenvalue weighted by molar-refractivity contribution is 0.0992. The summed E-state index contributed by atoms with van der Waals surface area (Å²) in [6.07, 6.45) is 4.20. The van der Waals surface area contributed by atoms with Crippen LogP contribution in [0.3, 0.4) is 0 Å². The molecule has 0 amide bonds. The van der Waals surface area contributed by atoms with Crippen molar-refractivity contribution in [1.82, 2.24) is 9.78 Å². The minimum Gasteiger partial charge on any atom is -0.294 e. The zero-order chi connectivity index (χ0) is 15.4. The molecule has 0 unspecified atom stereocenters. The third-order valence-electron chi connectivity index (χ3n) is 3.55. The van der Waals surface area contributed by atoms with Gasteiger partial charge in [-0.3, -0.25) is 9.48 Å². The van der Waals surface area contributed by atoms with Crippen LogP contribution in [-0.2, 0) is 6.42 Å². The van der Waals surface area contributed by atoms with Crippen LogP contribution in [0.25, 0.3) is 0 Å². The fraction of sp³-hybridized carbons (Fsp3) is 0.375. The highest BCUT2D eigenvalue weighted by molar-refractivity contribution is 6.35. The third-order valence-corrected chi connectivity index (χ3v) is 4.12. The molecule has 0 radical (unpaired) electrons. The zero-order valence-electron chi connectivity index (χ0n) is 12.1. The molecule has 1 aromatic carbocycles. The van der Waals surface area contributed by atoms with Crippen LogP contribution in [0.2, 0.25) is 10.0 Å². The summed E-state index contributed by atoms with van der Waals surface area (Å²) in [5, 5.41) is 5.41. The summed E-state index contributed by atoms with van der Waals surface area (Å²) in [5.74, 6) is -0.0719. The highest BCUT2D eigenvalue weighted by Crippen LogP contribution is 2.22. The van der Waals surface area contributed by atoms with Crippen molar-refractivity contribution in [2.75, 3.05) is 0 Å². The minimum absolute atomic E-state index is 0.0719. The van der Waals surface area contributed by atoms with Crippen molar-refractivity contribution in [3.8, 4) is 0 Å². The number of halogens is 2.